The van der Waals surface area contributed by atoms with Gasteiger partial charge in [0, 0.05) is 26.4 Å². The molecule has 1 amide bonds. The summed E-state index contributed by atoms with van der Waals surface area (Å²) in [6.07, 6.45) is 0. The summed E-state index contributed by atoms with van der Waals surface area (Å²) in [6.45, 7) is 3.10. The van der Waals surface area contributed by atoms with Crippen molar-refractivity contribution in [2.75, 3.05) is 20.1 Å². The molecule has 4 heteroatoms. The summed E-state index contributed by atoms with van der Waals surface area (Å²) in [5.74, 6) is 0.997. The Morgan fingerprint density at radius 1 is 1.41 bits per heavy atom. The minimum Gasteiger partial charge on any atom is -0.345 e. The van der Waals surface area contributed by atoms with E-state index in [-0.39, 0.29) is 5.91 Å². The number of nitrogens with one attached hydrogen (secondary N) is 1. The number of hydrogen-bond donors (Lipinski definition) is 1. The molecule has 1 aromatic rings. The molecule has 1 aliphatic heterocycles. The Balaban J connectivity index is 2.08. The predicted molar refractivity (Wildman–Crippen MR) is 67.9 cm³/mol. The summed E-state index contributed by atoms with van der Waals surface area (Å²) in [5.41, 5.74) is 1.30. The van der Waals surface area contributed by atoms with Crippen LogP contribution in [0.4, 0.5) is 0 Å². The monoisotopic (exact) mass is 231 g/mol. The van der Waals surface area contributed by atoms with Crippen LogP contribution in [0.5, 0.6) is 0 Å². The lowest BCUT2D eigenvalue weighted by molar-refractivity contribution is -0.117. The van der Waals surface area contributed by atoms with E-state index in [2.05, 4.69) is 22.4 Å². The molecular formula is C13H17N3O. The zero-order valence-corrected chi connectivity index (χ0v) is 10.2. The van der Waals surface area contributed by atoms with Gasteiger partial charge in [-0.05, 0) is 5.56 Å². The Bertz CT molecular complexity index is 428. The molecule has 2 rings (SSSR count). The molecule has 0 saturated carbocycles. The number of carbonyl (C=O) groups is 1. The van der Waals surface area contributed by atoms with Crippen LogP contribution in [0, 0.1) is 0 Å². The Kier molecular flexibility index (Phi) is 3.42. The van der Waals surface area contributed by atoms with Crippen LogP contribution in [0.15, 0.2) is 35.3 Å². The summed E-state index contributed by atoms with van der Waals surface area (Å²) >= 11 is 0. The number of carbonyl (C=O) groups excluding carboxylic acids is 1. The highest BCUT2D eigenvalue weighted by Gasteiger charge is 2.21. The molecular weight excluding hydrogens is 214 g/mol. The summed E-state index contributed by atoms with van der Waals surface area (Å²) in [6, 6.07) is 10.3. The summed E-state index contributed by atoms with van der Waals surface area (Å²) < 4.78 is 0. The van der Waals surface area contributed by atoms with Gasteiger partial charge in [0.25, 0.3) is 0 Å². The topological polar surface area (TPSA) is 44.7 Å². The first-order valence-electron chi connectivity index (χ1n) is 5.75. The quantitative estimate of drug-likeness (QED) is 0.789. The standard InChI is InChI=1S/C13H17N3O/c1-10(17)15-13-14-8-12(9-16(13)2)11-6-4-3-5-7-11/h3-7,12H,8-9H2,1-2H3,(H,14,15,17). The van der Waals surface area contributed by atoms with Crippen molar-refractivity contribution >= 4 is 11.9 Å². The molecule has 90 valence electrons. The van der Waals surface area contributed by atoms with Gasteiger partial charge in [0.05, 0.1) is 6.54 Å². The van der Waals surface area contributed by atoms with E-state index < -0.39 is 0 Å². The third-order valence-corrected chi connectivity index (χ3v) is 2.88. The molecule has 1 aromatic carbocycles. The van der Waals surface area contributed by atoms with Crippen LogP contribution in [-0.2, 0) is 4.79 Å². The van der Waals surface area contributed by atoms with Crippen LogP contribution in [-0.4, -0.2) is 36.9 Å². The van der Waals surface area contributed by atoms with Crippen molar-refractivity contribution < 1.29 is 4.79 Å². The molecule has 4 nitrogen and oxygen atoms in total. The van der Waals surface area contributed by atoms with Crippen molar-refractivity contribution in [3.05, 3.63) is 35.9 Å². The van der Waals surface area contributed by atoms with Crippen molar-refractivity contribution in [2.24, 2.45) is 4.99 Å². The molecule has 1 atom stereocenters. The van der Waals surface area contributed by atoms with Gasteiger partial charge in [0.15, 0.2) is 5.96 Å². The van der Waals surface area contributed by atoms with Gasteiger partial charge in [-0.3, -0.25) is 15.1 Å². The minimum atomic E-state index is -0.0752. The van der Waals surface area contributed by atoms with Gasteiger partial charge in [0.2, 0.25) is 5.91 Å². The van der Waals surface area contributed by atoms with Gasteiger partial charge < -0.3 is 4.90 Å². The average molecular weight is 231 g/mol. The number of rotatable bonds is 1. The summed E-state index contributed by atoms with van der Waals surface area (Å²) in [7, 11) is 1.95. The Morgan fingerprint density at radius 2 is 2.12 bits per heavy atom. The highest BCUT2D eigenvalue weighted by atomic mass is 16.1. The molecule has 0 bridgehead atoms. The maximum absolute atomic E-state index is 11.0. The van der Waals surface area contributed by atoms with Crippen LogP contribution < -0.4 is 5.32 Å². The molecule has 0 fully saturated rings. The van der Waals surface area contributed by atoms with E-state index in [1.54, 1.807) is 0 Å². The van der Waals surface area contributed by atoms with E-state index in [0.717, 1.165) is 13.1 Å². The molecule has 0 aliphatic carbocycles. The first-order valence-corrected chi connectivity index (χ1v) is 5.75. The highest BCUT2D eigenvalue weighted by molar-refractivity contribution is 5.96. The molecule has 1 unspecified atom stereocenters. The zero-order chi connectivity index (χ0) is 12.3. The smallest absolute Gasteiger partial charge is 0.223 e. The van der Waals surface area contributed by atoms with Crippen molar-refractivity contribution in [3.63, 3.8) is 0 Å². The number of nitrogens with zero attached hydrogens (tertiary/aromatic N) is 2. The Hall–Kier alpha value is -1.84. The lowest BCUT2D eigenvalue weighted by Gasteiger charge is -2.30. The average Bonchev–Trinajstić information content (AvgIpc) is 2.32. The van der Waals surface area contributed by atoms with Crippen molar-refractivity contribution in [3.8, 4) is 0 Å². The molecule has 1 heterocycles. The second-order valence-electron chi connectivity index (χ2n) is 4.33. The van der Waals surface area contributed by atoms with Gasteiger partial charge in [-0.1, -0.05) is 30.3 Å². The number of amides is 1. The first kappa shape index (κ1) is 11.6. The molecule has 0 spiro atoms. The number of benzene rings is 1. The summed E-state index contributed by atoms with van der Waals surface area (Å²) in [5, 5.41) is 2.74. The number of guanidine groups is 1. The van der Waals surface area contributed by atoms with Gasteiger partial charge in [0.1, 0.15) is 0 Å². The normalized spacial score (nSPS) is 19.8. The van der Waals surface area contributed by atoms with Crippen molar-refractivity contribution in [1.82, 2.24) is 10.2 Å². The second-order valence-corrected chi connectivity index (χ2v) is 4.33. The third-order valence-electron chi connectivity index (χ3n) is 2.88. The van der Waals surface area contributed by atoms with Crippen molar-refractivity contribution in [1.29, 1.82) is 0 Å². The summed E-state index contributed by atoms with van der Waals surface area (Å²) in [4.78, 5) is 17.4. The van der Waals surface area contributed by atoms with Crippen LogP contribution in [0.25, 0.3) is 0 Å². The largest absolute Gasteiger partial charge is 0.345 e. The lowest BCUT2D eigenvalue weighted by Crippen LogP contribution is -2.46. The fourth-order valence-electron chi connectivity index (χ4n) is 2.02. The fourth-order valence-corrected chi connectivity index (χ4v) is 2.02. The lowest BCUT2D eigenvalue weighted by atomic mass is 9.98. The molecule has 0 radical (unpaired) electrons. The maximum Gasteiger partial charge on any atom is 0.223 e. The fraction of sp³-hybridized carbons (Fsp3) is 0.385. The minimum absolute atomic E-state index is 0.0752. The second kappa shape index (κ2) is 4.99. The van der Waals surface area contributed by atoms with Gasteiger partial charge in [-0.25, -0.2) is 0 Å². The van der Waals surface area contributed by atoms with Gasteiger partial charge in [-0.2, -0.15) is 0 Å². The van der Waals surface area contributed by atoms with E-state index >= 15 is 0 Å². The van der Waals surface area contributed by atoms with E-state index in [1.165, 1.54) is 12.5 Å². The number of aliphatic imine (C=N–C) groups is 1. The zero-order valence-electron chi connectivity index (χ0n) is 10.2. The van der Waals surface area contributed by atoms with Crippen LogP contribution in [0.1, 0.15) is 18.4 Å². The maximum atomic E-state index is 11.0. The SMILES string of the molecule is CC(=O)NC1=NCC(c2ccccc2)CN1C. The number of likely N-dealkylation sites (N-methyl/N-ethyl adjacent to an activating group) is 1. The van der Waals surface area contributed by atoms with Crippen LogP contribution in [0.3, 0.4) is 0 Å². The Labute approximate surface area is 101 Å². The van der Waals surface area contributed by atoms with E-state index in [9.17, 15) is 4.79 Å². The van der Waals surface area contributed by atoms with Crippen molar-refractivity contribution in [2.45, 2.75) is 12.8 Å². The molecule has 17 heavy (non-hydrogen) atoms. The highest BCUT2D eigenvalue weighted by Crippen LogP contribution is 2.19. The first-order chi connectivity index (χ1) is 8.16. The molecule has 0 saturated heterocycles. The van der Waals surface area contributed by atoms with Gasteiger partial charge >= 0.3 is 0 Å². The van der Waals surface area contributed by atoms with E-state index in [1.807, 2.05) is 30.1 Å². The van der Waals surface area contributed by atoms with E-state index in [4.69, 9.17) is 0 Å². The molecule has 1 N–H and O–H groups in total. The third kappa shape index (κ3) is 2.84. The van der Waals surface area contributed by atoms with E-state index in [0.29, 0.717) is 11.9 Å². The molecule has 0 aromatic heterocycles. The Morgan fingerprint density at radius 3 is 2.71 bits per heavy atom. The van der Waals surface area contributed by atoms with Gasteiger partial charge in [-0.15, -0.1) is 0 Å². The number of hydrogen-bond acceptors (Lipinski definition) is 3. The molecule has 1 aliphatic rings. The predicted octanol–water partition coefficient (Wildman–Crippen LogP) is 1.21. The van der Waals surface area contributed by atoms with Crippen LogP contribution in [0.2, 0.25) is 0 Å². The van der Waals surface area contributed by atoms with Crippen LogP contribution >= 0.6 is 0 Å².